The summed E-state index contributed by atoms with van der Waals surface area (Å²) in [5, 5.41) is 18.1. The minimum atomic E-state index is 0.249. The molecule has 108 valence electrons. The van der Waals surface area contributed by atoms with Crippen molar-refractivity contribution in [3.05, 3.63) is 29.8 Å². The average Bonchev–Trinajstić information content (AvgIpc) is 2.50. The lowest BCUT2D eigenvalue weighted by Crippen LogP contribution is -2.42. The fourth-order valence-electron chi connectivity index (χ4n) is 2.79. The molecule has 1 unspecified atom stereocenters. The summed E-state index contributed by atoms with van der Waals surface area (Å²) in [5.74, 6) is 0.658. The van der Waals surface area contributed by atoms with E-state index in [1.807, 2.05) is 18.2 Å². The Bertz CT molecular complexity index is 454. The molecule has 1 fully saturated rings. The minimum Gasteiger partial charge on any atom is -0.491 e. The van der Waals surface area contributed by atoms with Crippen LogP contribution in [0.15, 0.2) is 24.3 Å². The van der Waals surface area contributed by atoms with Crippen molar-refractivity contribution >= 4 is 0 Å². The van der Waals surface area contributed by atoms with E-state index >= 15 is 0 Å². The topological polar surface area (TPSA) is 56.5 Å². The Kier molecular flexibility index (Phi) is 5.85. The van der Waals surface area contributed by atoms with E-state index in [0.717, 1.165) is 25.9 Å². The molecule has 4 nitrogen and oxygen atoms in total. The van der Waals surface area contributed by atoms with Gasteiger partial charge < -0.3 is 9.84 Å². The highest BCUT2D eigenvalue weighted by atomic mass is 16.5. The summed E-state index contributed by atoms with van der Waals surface area (Å²) < 4.78 is 5.73. The van der Waals surface area contributed by atoms with Crippen molar-refractivity contribution in [3.63, 3.8) is 0 Å². The number of para-hydroxylation sites is 1. The molecule has 1 aromatic rings. The van der Waals surface area contributed by atoms with Crippen molar-refractivity contribution in [3.8, 4) is 11.8 Å². The number of hydrogen-bond acceptors (Lipinski definition) is 4. The van der Waals surface area contributed by atoms with Crippen molar-refractivity contribution in [1.82, 2.24) is 4.90 Å². The highest BCUT2D eigenvalue weighted by molar-refractivity contribution is 5.42. The van der Waals surface area contributed by atoms with Gasteiger partial charge in [-0.1, -0.05) is 18.6 Å². The SMILES string of the molecule is N#Cc1ccccc1OCCN1CCCCC1CCO. The van der Waals surface area contributed by atoms with Gasteiger partial charge in [0.25, 0.3) is 0 Å². The largest absolute Gasteiger partial charge is 0.491 e. The molecule has 1 aliphatic heterocycles. The van der Waals surface area contributed by atoms with Crippen LogP contribution in [0.4, 0.5) is 0 Å². The Morgan fingerprint density at radius 3 is 3.00 bits per heavy atom. The highest BCUT2D eigenvalue weighted by Gasteiger charge is 2.21. The van der Waals surface area contributed by atoms with E-state index in [0.29, 0.717) is 24.0 Å². The van der Waals surface area contributed by atoms with Gasteiger partial charge in [0.15, 0.2) is 0 Å². The van der Waals surface area contributed by atoms with Gasteiger partial charge in [0.1, 0.15) is 18.4 Å². The predicted octanol–water partition coefficient (Wildman–Crippen LogP) is 2.17. The van der Waals surface area contributed by atoms with Crippen LogP contribution < -0.4 is 4.74 Å². The van der Waals surface area contributed by atoms with Crippen molar-refractivity contribution in [1.29, 1.82) is 5.26 Å². The molecule has 0 amide bonds. The lowest BCUT2D eigenvalue weighted by molar-refractivity contribution is 0.101. The number of aliphatic hydroxyl groups excluding tert-OH is 1. The molecular formula is C16H22N2O2. The molecule has 0 saturated carbocycles. The molecule has 1 heterocycles. The molecular weight excluding hydrogens is 252 g/mol. The first-order valence-electron chi connectivity index (χ1n) is 7.32. The molecule has 1 aromatic carbocycles. The summed E-state index contributed by atoms with van der Waals surface area (Å²) in [7, 11) is 0. The molecule has 20 heavy (non-hydrogen) atoms. The van der Waals surface area contributed by atoms with Gasteiger partial charge in [-0.3, -0.25) is 4.90 Å². The van der Waals surface area contributed by atoms with Crippen LogP contribution in [0.5, 0.6) is 5.75 Å². The second kappa shape index (κ2) is 7.88. The predicted molar refractivity (Wildman–Crippen MR) is 77.6 cm³/mol. The van der Waals surface area contributed by atoms with E-state index in [1.165, 1.54) is 12.8 Å². The number of likely N-dealkylation sites (tertiary alicyclic amines) is 1. The van der Waals surface area contributed by atoms with Crippen LogP contribution in [0.1, 0.15) is 31.2 Å². The smallest absolute Gasteiger partial charge is 0.137 e. The third-order valence-electron chi connectivity index (χ3n) is 3.85. The van der Waals surface area contributed by atoms with Gasteiger partial charge in [-0.05, 0) is 37.9 Å². The Morgan fingerprint density at radius 2 is 2.20 bits per heavy atom. The number of aliphatic hydroxyl groups is 1. The summed E-state index contributed by atoms with van der Waals surface area (Å²) in [4.78, 5) is 2.40. The average molecular weight is 274 g/mol. The minimum absolute atomic E-state index is 0.249. The van der Waals surface area contributed by atoms with Crippen LogP contribution in [0.25, 0.3) is 0 Å². The standard InChI is InChI=1S/C16H22N2O2/c17-13-14-5-1-2-7-16(14)20-12-10-18-9-4-3-6-15(18)8-11-19/h1-2,5,7,15,19H,3-4,6,8-12H2. The van der Waals surface area contributed by atoms with Crippen LogP contribution >= 0.6 is 0 Å². The number of hydrogen-bond donors (Lipinski definition) is 1. The first kappa shape index (κ1) is 14.8. The Labute approximate surface area is 120 Å². The van der Waals surface area contributed by atoms with Crippen molar-refractivity contribution in [2.75, 3.05) is 26.3 Å². The van der Waals surface area contributed by atoms with E-state index in [-0.39, 0.29) is 6.61 Å². The molecule has 4 heteroatoms. The highest BCUT2D eigenvalue weighted by Crippen LogP contribution is 2.20. The molecule has 0 aromatic heterocycles. The Morgan fingerprint density at radius 1 is 1.35 bits per heavy atom. The molecule has 2 rings (SSSR count). The maximum absolute atomic E-state index is 9.11. The number of rotatable bonds is 6. The maximum Gasteiger partial charge on any atom is 0.137 e. The lowest BCUT2D eigenvalue weighted by Gasteiger charge is -2.35. The molecule has 0 bridgehead atoms. The second-order valence-electron chi connectivity index (χ2n) is 5.15. The van der Waals surface area contributed by atoms with Crippen LogP contribution in [0.3, 0.4) is 0 Å². The van der Waals surface area contributed by atoms with Gasteiger partial charge >= 0.3 is 0 Å². The van der Waals surface area contributed by atoms with E-state index in [4.69, 9.17) is 15.1 Å². The second-order valence-corrected chi connectivity index (χ2v) is 5.15. The third-order valence-corrected chi connectivity index (χ3v) is 3.85. The van der Waals surface area contributed by atoms with Crippen LogP contribution in [-0.2, 0) is 0 Å². The van der Waals surface area contributed by atoms with Crippen molar-refractivity contribution < 1.29 is 9.84 Å². The van der Waals surface area contributed by atoms with Gasteiger partial charge in [-0.15, -0.1) is 0 Å². The summed E-state index contributed by atoms with van der Waals surface area (Å²) in [6.45, 7) is 2.76. The zero-order chi connectivity index (χ0) is 14.2. The van der Waals surface area contributed by atoms with Gasteiger partial charge in [0.05, 0.1) is 5.56 Å². The molecule has 1 aliphatic rings. The van der Waals surface area contributed by atoms with E-state index in [9.17, 15) is 0 Å². The number of nitriles is 1. The summed E-state index contributed by atoms with van der Waals surface area (Å²) in [6.07, 6.45) is 4.47. The number of nitrogens with zero attached hydrogens (tertiary/aromatic N) is 2. The van der Waals surface area contributed by atoms with E-state index < -0.39 is 0 Å². The lowest BCUT2D eigenvalue weighted by atomic mass is 10.00. The van der Waals surface area contributed by atoms with Crippen molar-refractivity contribution in [2.24, 2.45) is 0 Å². The van der Waals surface area contributed by atoms with Crippen LogP contribution in [0, 0.1) is 11.3 Å². The maximum atomic E-state index is 9.11. The Balaban J connectivity index is 1.84. The molecule has 1 N–H and O–H groups in total. The molecule has 0 aliphatic carbocycles. The first-order valence-corrected chi connectivity index (χ1v) is 7.32. The van der Waals surface area contributed by atoms with Crippen LogP contribution in [0.2, 0.25) is 0 Å². The zero-order valence-corrected chi connectivity index (χ0v) is 11.8. The number of ether oxygens (including phenoxy) is 1. The fourth-order valence-corrected chi connectivity index (χ4v) is 2.79. The van der Waals surface area contributed by atoms with Gasteiger partial charge in [-0.2, -0.15) is 5.26 Å². The quantitative estimate of drug-likeness (QED) is 0.864. The molecule has 1 saturated heterocycles. The summed E-state index contributed by atoms with van der Waals surface area (Å²) in [6, 6.07) is 9.94. The van der Waals surface area contributed by atoms with Gasteiger partial charge in [0.2, 0.25) is 0 Å². The number of piperidine rings is 1. The summed E-state index contributed by atoms with van der Waals surface area (Å²) >= 11 is 0. The van der Waals surface area contributed by atoms with E-state index in [2.05, 4.69) is 11.0 Å². The van der Waals surface area contributed by atoms with Crippen molar-refractivity contribution in [2.45, 2.75) is 31.7 Å². The molecule has 0 spiro atoms. The van der Waals surface area contributed by atoms with Crippen LogP contribution in [-0.4, -0.2) is 42.4 Å². The molecule has 1 atom stereocenters. The Hall–Kier alpha value is -1.57. The molecule has 0 radical (unpaired) electrons. The number of benzene rings is 1. The summed E-state index contributed by atoms with van der Waals surface area (Å²) in [5.41, 5.74) is 0.582. The zero-order valence-electron chi connectivity index (χ0n) is 11.8. The first-order chi connectivity index (χ1) is 9.85. The third kappa shape index (κ3) is 3.96. The fraction of sp³-hybridized carbons (Fsp3) is 0.562. The van der Waals surface area contributed by atoms with E-state index in [1.54, 1.807) is 6.07 Å². The normalized spacial score (nSPS) is 19.5. The van der Waals surface area contributed by atoms with Gasteiger partial charge in [0, 0.05) is 19.2 Å². The monoisotopic (exact) mass is 274 g/mol. The van der Waals surface area contributed by atoms with Gasteiger partial charge in [-0.25, -0.2) is 0 Å².